The molecule has 8 heteroatoms. The second kappa shape index (κ2) is 9.09. The summed E-state index contributed by atoms with van der Waals surface area (Å²) in [5.74, 6) is -4.71. The number of hydrogen-bond acceptors (Lipinski definition) is 7. The zero-order valence-corrected chi connectivity index (χ0v) is 14.3. The van der Waals surface area contributed by atoms with E-state index in [1.807, 2.05) is 0 Å². The molecule has 1 heterocycles. The van der Waals surface area contributed by atoms with Gasteiger partial charge in [0.1, 0.15) is 12.3 Å². The number of oxime groups is 1. The number of hydrogen-bond donors (Lipinski definition) is 1. The summed E-state index contributed by atoms with van der Waals surface area (Å²) in [7, 11) is 0. The molecular formula is C20H16FN3O3S. The third kappa shape index (κ3) is 4.52. The maximum atomic E-state index is 15.1. The second-order valence-electron chi connectivity index (χ2n) is 4.70. The highest BCUT2D eigenvalue weighted by atomic mass is 32.2. The molecule has 0 aliphatic rings. The summed E-state index contributed by atoms with van der Waals surface area (Å²) in [6, 6.07) is -4.85. The highest BCUT2D eigenvalue weighted by molar-refractivity contribution is 7.98. The molecule has 0 atom stereocenters. The molecule has 3 aromatic rings. The number of halogens is 1. The fraction of sp³-hybridized carbons (Fsp3) is 0.100. The normalized spacial score (nSPS) is 19.2. The van der Waals surface area contributed by atoms with E-state index in [2.05, 4.69) is 20.3 Å². The third-order valence-corrected chi connectivity index (χ3v) is 3.35. The van der Waals surface area contributed by atoms with Gasteiger partial charge in [-0.1, -0.05) is 47.2 Å². The molecule has 1 aromatic heterocycles. The van der Waals surface area contributed by atoms with Gasteiger partial charge in [0, 0.05) is 15.8 Å². The van der Waals surface area contributed by atoms with Crippen LogP contribution in [0.4, 0.5) is 4.39 Å². The summed E-state index contributed by atoms with van der Waals surface area (Å²) in [5, 5.41) is 6.37. The van der Waals surface area contributed by atoms with Crippen LogP contribution in [-0.4, -0.2) is 32.9 Å². The molecular weight excluding hydrogens is 381 g/mol. The fourth-order valence-electron chi connectivity index (χ4n) is 1.78. The van der Waals surface area contributed by atoms with Crippen molar-refractivity contribution < 1.29 is 38.4 Å². The van der Waals surface area contributed by atoms with Crippen molar-refractivity contribution in [2.75, 3.05) is 6.18 Å². The Morgan fingerprint density at radius 1 is 1.46 bits per heavy atom. The minimum Gasteiger partial charge on any atom is -0.486 e. The molecule has 142 valence electrons. The lowest BCUT2D eigenvalue weighted by molar-refractivity contribution is 0.106. The van der Waals surface area contributed by atoms with Crippen molar-refractivity contribution in [3.63, 3.8) is 0 Å². The Labute approximate surface area is 184 Å². The van der Waals surface area contributed by atoms with E-state index in [0.717, 1.165) is 12.1 Å². The SMILES string of the molecule is [2H]ON=C(C(=O)c1c([2H])c([2H])c(F)c(OC([2H])([2H])c2ccc([2H])c([2H])c2[2H])c1[2H])c1nc(SC([2H])([2H])[2H])nc([2H])c1[2H]. The predicted octanol–water partition coefficient (Wildman–Crippen LogP) is 3.98. The highest BCUT2D eigenvalue weighted by Gasteiger charge is 2.21. The van der Waals surface area contributed by atoms with Crippen LogP contribution < -0.4 is 4.74 Å². The number of ether oxygens (including phenoxy) is 1. The number of ketones is 1. The van der Waals surface area contributed by atoms with E-state index in [0.29, 0.717) is 0 Å². The molecule has 0 radical (unpaired) electrons. The van der Waals surface area contributed by atoms with E-state index in [1.165, 1.54) is 0 Å². The van der Waals surface area contributed by atoms with Gasteiger partial charge in [0.25, 0.3) is 0 Å². The lowest BCUT2D eigenvalue weighted by Gasteiger charge is -2.10. The largest absolute Gasteiger partial charge is 0.486 e. The molecule has 0 saturated carbocycles. The molecule has 2 aromatic carbocycles. The van der Waals surface area contributed by atoms with Gasteiger partial charge in [-0.15, -0.1) is 0 Å². The Morgan fingerprint density at radius 3 is 3.25 bits per heavy atom. The number of carbonyl (C=O) groups is 1. The van der Waals surface area contributed by atoms with Gasteiger partial charge in [0.05, 0.1) is 13.7 Å². The first kappa shape index (κ1) is 8.40. The van der Waals surface area contributed by atoms with Crippen molar-refractivity contribution in [1.82, 2.24) is 9.97 Å². The van der Waals surface area contributed by atoms with E-state index in [9.17, 15) is 4.79 Å². The summed E-state index contributed by atoms with van der Waals surface area (Å²) in [6.45, 7) is -3.17. The molecule has 0 unspecified atom stereocenters. The number of thioether (sulfide) groups is 1. The Bertz CT molecular complexity index is 1620. The zero-order valence-electron chi connectivity index (χ0n) is 27.5. The van der Waals surface area contributed by atoms with Gasteiger partial charge in [-0.2, -0.15) is 0 Å². The molecule has 0 fully saturated rings. The van der Waals surface area contributed by atoms with Crippen molar-refractivity contribution in [1.29, 1.82) is 0 Å². The molecule has 6 nitrogen and oxygen atoms in total. The number of aromatic nitrogens is 2. The minimum absolute atomic E-state index is 0.0659. The first-order valence-corrected chi connectivity index (χ1v) is 7.99. The van der Waals surface area contributed by atoms with E-state index in [4.69, 9.17) is 24.0 Å². The molecule has 0 bridgehead atoms. The number of nitrogens with zero attached hydrogens (tertiary/aromatic N) is 3. The summed E-state index contributed by atoms with van der Waals surface area (Å²) in [4.78, 5) is 20.8. The van der Waals surface area contributed by atoms with Crippen LogP contribution in [0.25, 0.3) is 0 Å². The van der Waals surface area contributed by atoms with Crippen LogP contribution in [-0.2, 0) is 6.56 Å². The summed E-state index contributed by atoms with van der Waals surface area (Å²) in [5.41, 5.74) is -3.84. The van der Waals surface area contributed by atoms with Crippen LogP contribution in [0.1, 0.15) is 39.4 Å². The molecule has 0 spiro atoms. The summed E-state index contributed by atoms with van der Waals surface area (Å²) < 4.78 is 129. The van der Waals surface area contributed by atoms with E-state index < -0.39 is 106 Å². The van der Waals surface area contributed by atoms with Gasteiger partial charge >= 0.3 is 1.43 Å². The number of benzene rings is 2. The van der Waals surface area contributed by atoms with Gasteiger partial charge in [0.15, 0.2) is 22.4 Å². The van der Waals surface area contributed by atoms with Gasteiger partial charge in [-0.25, -0.2) is 14.4 Å². The van der Waals surface area contributed by atoms with Gasteiger partial charge in [-0.3, -0.25) is 4.79 Å². The van der Waals surface area contributed by atoms with E-state index in [-0.39, 0.29) is 11.8 Å². The summed E-state index contributed by atoms with van der Waals surface area (Å²) >= 11 is 0.0659. The van der Waals surface area contributed by atoms with Crippen molar-refractivity contribution >= 4 is 23.3 Å². The van der Waals surface area contributed by atoms with Crippen molar-refractivity contribution in [2.24, 2.45) is 5.16 Å². The van der Waals surface area contributed by atoms with E-state index in [1.54, 1.807) is 0 Å². The Balaban J connectivity index is 2.22. The average molecular weight is 412 g/mol. The first-order valence-electron chi connectivity index (χ1n) is 14.1. The minimum atomic E-state index is -3.17. The zero-order chi connectivity index (χ0) is 31.9. The second-order valence-corrected chi connectivity index (χ2v) is 5.27. The van der Waals surface area contributed by atoms with Gasteiger partial charge in [0.2, 0.25) is 5.78 Å². The van der Waals surface area contributed by atoms with Crippen LogP contribution in [0.2, 0.25) is 1.43 Å². The molecule has 1 N–H and O–H groups in total. The monoisotopic (exact) mass is 411 g/mol. The standard InChI is InChI=1S/C20H16FN3O3S/c1-28-20-22-10-9-16(23-20)18(24-26)19(25)14-7-8-15(21)17(11-14)27-12-13-5-3-2-4-6-13/h2-11,26H,12H2,1H3/i1D3,2D,3D,5D,7D,8D,9D,10D,11D,12D2/hD. The predicted molar refractivity (Wildman–Crippen MR) is 104 cm³/mol. The van der Waals surface area contributed by atoms with Crippen LogP contribution in [0.15, 0.2) is 70.9 Å². The fourth-order valence-corrected chi connectivity index (χ4v) is 2.01. The molecule has 0 saturated heterocycles. The van der Waals surface area contributed by atoms with Gasteiger partial charge in [-0.05, 0) is 35.9 Å². The summed E-state index contributed by atoms with van der Waals surface area (Å²) in [6.07, 6.45) is -3.61. The van der Waals surface area contributed by atoms with Crippen LogP contribution in [0, 0.1) is 5.82 Å². The maximum absolute atomic E-state index is 15.1. The van der Waals surface area contributed by atoms with E-state index >= 15 is 4.39 Å². The first-order chi connectivity index (χ1) is 19.3. The maximum Gasteiger partial charge on any atom is 0.330 e. The van der Waals surface area contributed by atoms with Crippen LogP contribution in [0.5, 0.6) is 5.75 Å². The Kier molecular flexibility index (Phi) is 2.73. The van der Waals surface area contributed by atoms with Crippen molar-refractivity contribution in [2.45, 2.75) is 11.7 Å². The van der Waals surface area contributed by atoms with Crippen molar-refractivity contribution in [3.05, 3.63) is 83.2 Å². The van der Waals surface area contributed by atoms with Crippen LogP contribution >= 0.6 is 11.8 Å². The van der Waals surface area contributed by atoms with Gasteiger partial charge < -0.3 is 9.95 Å². The lowest BCUT2D eigenvalue weighted by atomic mass is 10.0. The lowest BCUT2D eigenvalue weighted by Crippen LogP contribution is -2.18. The number of Topliss-reactive ketones (excluding diaryl/α,β-unsaturated/α-hetero) is 1. The van der Waals surface area contributed by atoms with Crippen LogP contribution in [0.3, 0.4) is 0 Å². The molecule has 0 aliphatic carbocycles. The average Bonchev–Trinajstić information content (AvgIpc) is 2.88. The highest BCUT2D eigenvalue weighted by Crippen LogP contribution is 2.21. The molecule has 28 heavy (non-hydrogen) atoms. The molecule has 0 aliphatic heterocycles. The number of carbonyl (C=O) groups excluding carboxylic acids is 1. The molecule has 3 rings (SSSR count). The molecule has 0 amide bonds. The number of rotatable bonds is 8. The van der Waals surface area contributed by atoms with Crippen molar-refractivity contribution in [3.8, 4) is 5.75 Å². The Hall–Kier alpha value is -3.26. The smallest absolute Gasteiger partial charge is 0.330 e. The topological polar surface area (TPSA) is 84.7 Å². The Morgan fingerprint density at radius 2 is 2.39 bits per heavy atom. The third-order valence-electron chi connectivity index (χ3n) is 2.98. The quantitative estimate of drug-likeness (QED) is 0.151.